The van der Waals surface area contributed by atoms with Crippen LogP contribution in [0.1, 0.15) is 38.8 Å². The summed E-state index contributed by atoms with van der Waals surface area (Å²) in [5.41, 5.74) is 2.43. The van der Waals surface area contributed by atoms with Gasteiger partial charge in [-0.05, 0) is 50.7 Å². The Hall–Kier alpha value is -2.31. The number of rotatable bonds is 6. The van der Waals surface area contributed by atoms with Crippen molar-refractivity contribution < 1.29 is 18.8 Å². The van der Waals surface area contributed by atoms with Gasteiger partial charge in [0.25, 0.3) is 0 Å². The predicted octanol–water partition coefficient (Wildman–Crippen LogP) is 3.80. The molecule has 3 rings (SSSR count). The molecule has 29 heavy (non-hydrogen) atoms. The second-order valence-corrected chi connectivity index (χ2v) is 8.54. The van der Waals surface area contributed by atoms with Crippen LogP contribution in [0.5, 0.6) is 0 Å². The van der Waals surface area contributed by atoms with Gasteiger partial charge in [-0.1, -0.05) is 54.6 Å². The lowest BCUT2D eigenvalue weighted by Crippen LogP contribution is -2.41. The van der Waals surface area contributed by atoms with Crippen molar-refractivity contribution >= 4 is 18.7 Å². The third-order valence-corrected chi connectivity index (χ3v) is 5.76. The quantitative estimate of drug-likeness (QED) is 0.699. The fourth-order valence-electron chi connectivity index (χ4n) is 3.04. The highest BCUT2D eigenvalue weighted by Gasteiger charge is 2.51. The summed E-state index contributed by atoms with van der Waals surface area (Å²) in [5, 5.41) is 0. The van der Waals surface area contributed by atoms with Crippen molar-refractivity contribution in [2.75, 3.05) is 13.6 Å². The fraction of sp³-hybridized carbons (Fsp3) is 0.435. The zero-order chi connectivity index (χ0) is 21.1. The van der Waals surface area contributed by atoms with Crippen LogP contribution in [0.2, 0.25) is 0 Å². The molecule has 0 atom stereocenters. The fourth-order valence-corrected chi connectivity index (χ4v) is 3.04. The van der Waals surface area contributed by atoms with Gasteiger partial charge in [-0.3, -0.25) is 0 Å². The lowest BCUT2D eigenvalue weighted by Gasteiger charge is -2.32. The van der Waals surface area contributed by atoms with Crippen LogP contribution in [0, 0.1) is 0 Å². The minimum atomic E-state index is -0.357. The lowest BCUT2D eigenvalue weighted by atomic mass is 9.79. The molecule has 0 spiro atoms. The first-order chi connectivity index (χ1) is 13.7. The molecule has 1 amide bonds. The van der Waals surface area contributed by atoms with E-state index in [9.17, 15) is 4.79 Å². The molecule has 0 radical (unpaired) electrons. The molecule has 0 aromatic heterocycles. The molecule has 1 aliphatic heterocycles. The van der Waals surface area contributed by atoms with E-state index < -0.39 is 0 Å². The van der Waals surface area contributed by atoms with Crippen LogP contribution in [-0.2, 0) is 27.1 Å². The number of likely N-dealkylation sites (N-methyl/N-ethyl adjacent to an activating group) is 1. The standard InChI is InChI=1S/C23H30BNO4/c1-22(2)23(3,4)29-24(28-22)20-13-11-18(12-14-20)15-16-25(5)21(26)27-17-19-9-7-6-8-10-19/h6-14H,15-17H2,1-5H3. The average Bonchev–Trinajstić information content (AvgIpc) is 2.92. The number of hydrogen-bond donors (Lipinski definition) is 0. The normalized spacial score (nSPS) is 17.2. The summed E-state index contributed by atoms with van der Waals surface area (Å²) >= 11 is 0. The molecule has 1 aliphatic rings. The maximum Gasteiger partial charge on any atom is 0.494 e. The van der Waals surface area contributed by atoms with Crippen molar-refractivity contribution in [1.29, 1.82) is 0 Å². The van der Waals surface area contributed by atoms with Crippen molar-refractivity contribution in [2.24, 2.45) is 0 Å². The molecule has 0 unspecified atom stereocenters. The Morgan fingerprint density at radius 1 is 0.931 bits per heavy atom. The van der Waals surface area contributed by atoms with Crippen LogP contribution in [-0.4, -0.2) is 42.9 Å². The minimum absolute atomic E-state index is 0.285. The zero-order valence-corrected chi connectivity index (χ0v) is 18.0. The van der Waals surface area contributed by atoms with Gasteiger partial charge in [-0.2, -0.15) is 0 Å². The van der Waals surface area contributed by atoms with Crippen molar-refractivity contribution in [2.45, 2.75) is 51.9 Å². The largest absolute Gasteiger partial charge is 0.494 e. The van der Waals surface area contributed by atoms with Crippen LogP contribution in [0.25, 0.3) is 0 Å². The van der Waals surface area contributed by atoms with E-state index in [1.54, 1.807) is 11.9 Å². The topological polar surface area (TPSA) is 48.0 Å². The number of amides is 1. The summed E-state index contributed by atoms with van der Waals surface area (Å²) in [5.74, 6) is 0. The van der Waals surface area contributed by atoms with Gasteiger partial charge >= 0.3 is 13.2 Å². The third kappa shape index (κ3) is 5.20. The number of nitrogens with zero attached hydrogens (tertiary/aromatic N) is 1. The SMILES string of the molecule is CN(CCc1ccc(B2OC(C)(C)C(C)(C)O2)cc1)C(=O)OCc1ccccc1. The first kappa shape index (κ1) is 21.4. The molecular weight excluding hydrogens is 365 g/mol. The maximum absolute atomic E-state index is 12.2. The Balaban J connectivity index is 1.48. The summed E-state index contributed by atoms with van der Waals surface area (Å²) in [6.45, 7) is 9.07. The van der Waals surface area contributed by atoms with E-state index in [-0.39, 0.29) is 31.0 Å². The van der Waals surface area contributed by atoms with Gasteiger partial charge in [0.15, 0.2) is 0 Å². The molecule has 6 heteroatoms. The molecule has 2 aromatic rings. The van der Waals surface area contributed by atoms with E-state index in [2.05, 4.69) is 12.1 Å². The Morgan fingerprint density at radius 2 is 1.52 bits per heavy atom. The first-order valence-corrected chi connectivity index (χ1v) is 10.0. The summed E-state index contributed by atoms with van der Waals surface area (Å²) in [4.78, 5) is 13.8. The highest BCUT2D eigenvalue weighted by Crippen LogP contribution is 2.36. The van der Waals surface area contributed by atoms with Crippen LogP contribution < -0.4 is 5.46 Å². The van der Waals surface area contributed by atoms with Gasteiger partial charge in [0.1, 0.15) is 6.61 Å². The molecule has 2 aromatic carbocycles. The van der Waals surface area contributed by atoms with E-state index in [0.29, 0.717) is 6.54 Å². The molecule has 154 valence electrons. The summed E-state index contributed by atoms with van der Waals surface area (Å²) in [6, 6.07) is 17.9. The Labute approximate surface area is 174 Å². The van der Waals surface area contributed by atoms with Crippen molar-refractivity contribution in [3.8, 4) is 0 Å². The molecule has 5 nitrogen and oxygen atoms in total. The van der Waals surface area contributed by atoms with Gasteiger partial charge in [-0.25, -0.2) is 4.79 Å². The van der Waals surface area contributed by atoms with Crippen molar-refractivity contribution in [3.63, 3.8) is 0 Å². The van der Waals surface area contributed by atoms with Crippen LogP contribution in [0.4, 0.5) is 4.79 Å². The average molecular weight is 395 g/mol. The summed E-state index contributed by atoms with van der Waals surface area (Å²) < 4.78 is 17.5. The number of carbonyl (C=O) groups is 1. The van der Waals surface area contributed by atoms with Gasteiger partial charge in [-0.15, -0.1) is 0 Å². The van der Waals surface area contributed by atoms with E-state index in [0.717, 1.165) is 23.0 Å². The lowest BCUT2D eigenvalue weighted by molar-refractivity contribution is 0.00578. The van der Waals surface area contributed by atoms with Gasteiger partial charge < -0.3 is 18.9 Å². The zero-order valence-electron chi connectivity index (χ0n) is 18.0. The second kappa shape index (κ2) is 8.60. The molecule has 0 aliphatic carbocycles. The Kier molecular flexibility index (Phi) is 6.34. The molecule has 0 N–H and O–H groups in total. The molecule has 1 fully saturated rings. The van der Waals surface area contributed by atoms with Gasteiger partial charge in [0.05, 0.1) is 11.2 Å². The highest BCUT2D eigenvalue weighted by atomic mass is 16.7. The molecule has 1 heterocycles. The third-order valence-electron chi connectivity index (χ3n) is 5.76. The van der Waals surface area contributed by atoms with E-state index in [1.165, 1.54) is 0 Å². The Bertz CT molecular complexity index is 805. The van der Waals surface area contributed by atoms with Crippen molar-refractivity contribution in [3.05, 3.63) is 65.7 Å². The van der Waals surface area contributed by atoms with Gasteiger partial charge in [0.2, 0.25) is 0 Å². The minimum Gasteiger partial charge on any atom is -0.445 e. The first-order valence-electron chi connectivity index (χ1n) is 10.0. The monoisotopic (exact) mass is 395 g/mol. The molecule has 0 saturated carbocycles. The second-order valence-electron chi connectivity index (χ2n) is 8.54. The number of carbonyl (C=O) groups excluding carboxylic acids is 1. The van der Waals surface area contributed by atoms with Crippen LogP contribution in [0.15, 0.2) is 54.6 Å². The molecule has 0 bridgehead atoms. The maximum atomic E-state index is 12.2. The molecule has 1 saturated heterocycles. The van der Waals surface area contributed by atoms with Gasteiger partial charge in [0, 0.05) is 13.6 Å². The number of benzene rings is 2. The smallest absolute Gasteiger partial charge is 0.445 e. The van der Waals surface area contributed by atoms with E-state index >= 15 is 0 Å². The van der Waals surface area contributed by atoms with Crippen LogP contribution in [0.3, 0.4) is 0 Å². The van der Waals surface area contributed by atoms with E-state index in [1.807, 2.05) is 70.2 Å². The van der Waals surface area contributed by atoms with E-state index in [4.69, 9.17) is 14.0 Å². The Morgan fingerprint density at radius 3 is 2.10 bits per heavy atom. The molecular formula is C23H30BNO4. The predicted molar refractivity (Wildman–Crippen MR) is 115 cm³/mol. The van der Waals surface area contributed by atoms with Crippen LogP contribution >= 0.6 is 0 Å². The summed E-state index contributed by atoms with van der Waals surface area (Å²) in [7, 11) is 1.40. The highest BCUT2D eigenvalue weighted by molar-refractivity contribution is 6.62. The number of hydrogen-bond acceptors (Lipinski definition) is 4. The van der Waals surface area contributed by atoms with Crippen molar-refractivity contribution in [1.82, 2.24) is 4.90 Å². The summed E-state index contributed by atoms with van der Waals surface area (Å²) in [6.07, 6.45) is 0.434. The number of ether oxygens (including phenoxy) is 1.